The van der Waals surface area contributed by atoms with Crippen molar-refractivity contribution in [1.82, 2.24) is 0 Å². The van der Waals surface area contributed by atoms with E-state index in [1.165, 1.54) is 48.5 Å². The van der Waals surface area contributed by atoms with Crippen molar-refractivity contribution in [2.75, 3.05) is 11.5 Å². The number of rotatable bonds is 7. The molecular formula is C40H26N2O10S. The first-order chi connectivity index (χ1) is 25.4. The van der Waals surface area contributed by atoms with E-state index < -0.39 is 33.7 Å². The summed E-state index contributed by atoms with van der Waals surface area (Å²) in [5, 5.41) is 0. The molecule has 0 fully saturated rings. The van der Waals surface area contributed by atoms with Crippen molar-refractivity contribution < 1.29 is 46.5 Å². The van der Waals surface area contributed by atoms with Crippen LogP contribution in [0.1, 0.15) is 41.4 Å². The Labute approximate surface area is 302 Å². The molecular weight excluding hydrogens is 701 g/mol. The molecule has 0 amide bonds. The van der Waals surface area contributed by atoms with Crippen molar-refractivity contribution in [3.63, 3.8) is 0 Å². The molecule has 0 unspecified atom stereocenters. The van der Waals surface area contributed by atoms with Gasteiger partial charge in [0.1, 0.15) is 23.0 Å². The summed E-state index contributed by atoms with van der Waals surface area (Å²) in [4.78, 5) is 46.3. The fourth-order valence-corrected chi connectivity index (χ4v) is 6.73. The number of hydrogen-bond donors (Lipinski definition) is 2. The number of cyclic esters (lactones) is 4. The number of anilines is 2. The van der Waals surface area contributed by atoms with Crippen molar-refractivity contribution >= 4 is 45.1 Å². The average Bonchev–Trinajstić information content (AvgIpc) is 3.60. The van der Waals surface area contributed by atoms with E-state index >= 15 is 0 Å². The number of benzene rings is 6. The minimum atomic E-state index is -3.68. The highest BCUT2D eigenvalue weighted by Gasteiger charge is 2.32. The van der Waals surface area contributed by atoms with E-state index in [2.05, 4.69) is 9.47 Å². The minimum absolute atomic E-state index is 0.164. The highest BCUT2D eigenvalue weighted by molar-refractivity contribution is 7.91. The number of ether oxygens (including phenoxy) is 4. The molecule has 2 aliphatic rings. The quantitative estimate of drug-likeness (QED) is 0.0953. The predicted octanol–water partition coefficient (Wildman–Crippen LogP) is 7.24. The third kappa shape index (κ3) is 7.18. The number of nitrogens with two attached hydrogens (primary N) is 2. The molecule has 262 valence electrons. The molecule has 8 rings (SSSR count). The molecule has 0 saturated carbocycles. The summed E-state index contributed by atoms with van der Waals surface area (Å²) in [5.41, 5.74) is 14.7. The monoisotopic (exact) mass is 726 g/mol. The highest BCUT2D eigenvalue weighted by atomic mass is 32.2. The van der Waals surface area contributed by atoms with Crippen LogP contribution in [0.4, 0.5) is 11.4 Å². The predicted molar refractivity (Wildman–Crippen MR) is 192 cm³/mol. The Morgan fingerprint density at radius 3 is 1.17 bits per heavy atom. The number of carbonyl (C=O) groups is 4. The Bertz CT molecular complexity index is 2390. The smallest absolute Gasteiger partial charge is 0.346 e. The summed E-state index contributed by atoms with van der Waals surface area (Å²) in [6, 6.07) is 35.8. The van der Waals surface area contributed by atoms with Crippen LogP contribution < -0.4 is 20.9 Å². The van der Waals surface area contributed by atoms with Crippen LogP contribution in [0.15, 0.2) is 143 Å². The van der Waals surface area contributed by atoms with E-state index in [1.807, 2.05) is 0 Å². The largest absolute Gasteiger partial charge is 0.457 e. The third-order valence-corrected chi connectivity index (χ3v) is 9.86. The maximum absolute atomic E-state index is 12.9. The van der Waals surface area contributed by atoms with E-state index in [0.29, 0.717) is 45.5 Å². The minimum Gasteiger partial charge on any atom is -0.457 e. The fraction of sp³-hybridized carbons (Fsp3) is 0. The van der Waals surface area contributed by atoms with E-state index in [1.54, 1.807) is 84.9 Å². The van der Waals surface area contributed by atoms with Gasteiger partial charge in [0.05, 0.1) is 32.0 Å². The number of carbonyl (C=O) groups excluding carboxylic acids is 4. The van der Waals surface area contributed by atoms with Crippen LogP contribution in [0, 0.1) is 0 Å². The molecule has 0 bridgehead atoms. The fourth-order valence-electron chi connectivity index (χ4n) is 5.47. The lowest BCUT2D eigenvalue weighted by molar-refractivity contribution is 0.0425. The standard InChI is InChI=1S/C24H20N2O4S.C16H6O6/c25-17-3-1-5-21(15-17)29-19-7-11-23(12-8-19)31(27,28)24-13-9-20(10-14-24)30-22-6-2-4-18(26)16-22;17-13-9-3-1-7(5-11(9)15(19)21-13)8-2-4-10-12(6-8)16(20)22-14(10)18/h1-16H,25-26H2;1-6H. The van der Waals surface area contributed by atoms with Crippen molar-refractivity contribution in [1.29, 1.82) is 0 Å². The Hall–Kier alpha value is -7.25. The van der Waals surface area contributed by atoms with Crippen molar-refractivity contribution in [2.45, 2.75) is 9.79 Å². The number of hydrogen-bond acceptors (Lipinski definition) is 12. The van der Waals surface area contributed by atoms with Crippen LogP contribution in [0.3, 0.4) is 0 Å². The van der Waals surface area contributed by atoms with Crippen LogP contribution in [0.25, 0.3) is 11.1 Å². The lowest BCUT2D eigenvalue weighted by Gasteiger charge is -2.10. The van der Waals surface area contributed by atoms with Crippen LogP contribution >= 0.6 is 0 Å². The summed E-state index contributed by atoms with van der Waals surface area (Å²) in [6.07, 6.45) is 0. The topological polar surface area (TPSA) is 191 Å². The van der Waals surface area contributed by atoms with Gasteiger partial charge in [-0.3, -0.25) is 0 Å². The summed E-state index contributed by atoms with van der Waals surface area (Å²) in [5.74, 6) is -0.567. The molecule has 0 aliphatic carbocycles. The molecule has 4 N–H and O–H groups in total. The van der Waals surface area contributed by atoms with Gasteiger partial charge in [-0.05, 0) is 108 Å². The summed E-state index contributed by atoms with van der Waals surface area (Å²) < 4.78 is 46.4. The highest BCUT2D eigenvalue weighted by Crippen LogP contribution is 2.32. The molecule has 0 atom stereocenters. The molecule has 2 aliphatic heterocycles. The Morgan fingerprint density at radius 2 is 0.792 bits per heavy atom. The van der Waals surface area contributed by atoms with Crippen LogP contribution in [-0.2, 0) is 19.3 Å². The van der Waals surface area contributed by atoms with Gasteiger partial charge in [-0.2, -0.15) is 0 Å². The van der Waals surface area contributed by atoms with Crippen LogP contribution in [0.2, 0.25) is 0 Å². The van der Waals surface area contributed by atoms with Crippen LogP contribution in [-0.4, -0.2) is 32.3 Å². The Balaban J connectivity index is 0.000000173. The number of esters is 4. The van der Waals surface area contributed by atoms with E-state index in [0.717, 1.165) is 0 Å². The maximum atomic E-state index is 12.9. The van der Waals surface area contributed by atoms with E-state index in [9.17, 15) is 27.6 Å². The van der Waals surface area contributed by atoms with Gasteiger partial charge >= 0.3 is 23.9 Å². The average molecular weight is 727 g/mol. The first-order valence-electron chi connectivity index (χ1n) is 15.8. The molecule has 2 heterocycles. The van der Waals surface area contributed by atoms with Crippen molar-refractivity contribution in [2.24, 2.45) is 0 Å². The van der Waals surface area contributed by atoms with Crippen LogP contribution in [0.5, 0.6) is 23.0 Å². The zero-order valence-corrected chi connectivity index (χ0v) is 28.2. The number of sulfone groups is 1. The molecule has 53 heavy (non-hydrogen) atoms. The Kier molecular flexibility index (Phi) is 8.92. The van der Waals surface area contributed by atoms with Gasteiger partial charge < -0.3 is 30.4 Å². The number of nitrogen functional groups attached to an aromatic ring is 2. The summed E-state index contributed by atoms with van der Waals surface area (Å²) in [6.45, 7) is 0. The second-order valence-corrected chi connectivity index (χ2v) is 13.6. The molecule has 0 radical (unpaired) electrons. The van der Waals surface area contributed by atoms with Gasteiger partial charge in [0.2, 0.25) is 9.84 Å². The molecule has 0 aromatic heterocycles. The van der Waals surface area contributed by atoms with Gasteiger partial charge in [-0.25, -0.2) is 27.6 Å². The third-order valence-electron chi connectivity index (χ3n) is 8.08. The van der Waals surface area contributed by atoms with Gasteiger partial charge in [-0.1, -0.05) is 24.3 Å². The summed E-state index contributed by atoms with van der Waals surface area (Å²) >= 11 is 0. The molecule has 12 nitrogen and oxygen atoms in total. The van der Waals surface area contributed by atoms with Gasteiger partial charge in [-0.15, -0.1) is 0 Å². The number of fused-ring (bicyclic) bond motifs is 2. The second-order valence-electron chi connectivity index (χ2n) is 11.7. The zero-order chi connectivity index (χ0) is 37.3. The van der Waals surface area contributed by atoms with Crippen molar-refractivity contribution in [3.8, 4) is 34.1 Å². The first-order valence-corrected chi connectivity index (χ1v) is 17.3. The normalized spacial score (nSPS) is 12.9. The molecule has 0 spiro atoms. The molecule has 13 heteroatoms. The second kappa shape index (κ2) is 13.8. The zero-order valence-electron chi connectivity index (χ0n) is 27.3. The molecule has 6 aromatic rings. The lowest BCUT2D eigenvalue weighted by atomic mass is 9.97. The summed E-state index contributed by atoms with van der Waals surface area (Å²) in [7, 11) is -3.68. The molecule has 6 aromatic carbocycles. The molecule has 0 saturated heterocycles. The van der Waals surface area contributed by atoms with Gasteiger partial charge in [0.15, 0.2) is 0 Å². The van der Waals surface area contributed by atoms with E-state index in [-0.39, 0.29) is 32.0 Å². The lowest BCUT2D eigenvalue weighted by Crippen LogP contribution is -2.01. The SMILES string of the molecule is Nc1cccc(Oc2ccc(S(=O)(=O)c3ccc(Oc4cccc(N)c4)cc3)cc2)c1.O=C1OC(=O)c2cc(-c3ccc4c(c3)C(=O)OC4=O)ccc21. The van der Waals surface area contributed by atoms with Gasteiger partial charge in [0, 0.05) is 23.5 Å². The Morgan fingerprint density at radius 1 is 0.415 bits per heavy atom. The van der Waals surface area contributed by atoms with E-state index in [4.69, 9.17) is 20.9 Å². The van der Waals surface area contributed by atoms with Gasteiger partial charge in [0.25, 0.3) is 0 Å². The first kappa shape index (κ1) is 34.2. The van der Waals surface area contributed by atoms with Crippen molar-refractivity contribution in [3.05, 3.63) is 156 Å². The maximum Gasteiger partial charge on any atom is 0.346 e.